The van der Waals surface area contributed by atoms with Gasteiger partial charge in [0, 0.05) is 13.6 Å². The van der Waals surface area contributed by atoms with E-state index in [-0.39, 0.29) is 12.6 Å². The second-order valence-electron chi connectivity index (χ2n) is 4.77. The zero-order chi connectivity index (χ0) is 15.8. The number of nitrogens with zero attached hydrogens (tertiary/aromatic N) is 2. The lowest BCUT2D eigenvalue weighted by molar-refractivity contribution is 0.0556. The predicted molar refractivity (Wildman–Crippen MR) is 86.1 cm³/mol. The van der Waals surface area contributed by atoms with Gasteiger partial charge >= 0.3 is 5.97 Å². The largest absolute Gasteiger partial charge is 0.449 e. The van der Waals surface area contributed by atoms with E-state index in [4.69, 9.17) is 4.74 Å². The standard InChI is InChI=1S/C17H22N2O2/c1-6-8-9-21-17(20)15-10-14(4)16(11-13(15)3)18-12-19(5)7-2/h10-12H,7,9H2,1-5H3. The highest BCUT2D eigenvalue weighted by Crippen LogP contribution is 2.23. The number of esters is 1. The van der Waals surface area contributed by atoms with Crippen LogP contribution in [0.2, 0.25) is 0 Å². The molecule has 0 spiro atoms. The third-order valence-electron chi connectivity index (χ3n) is 3.11. The number of hydrogen-bond acceptors (Lipinski definition) is 3. The zero-order valence-electron chi connectivity index (χ0n) is 13.4. The van der Waals surface area contributed by atoms with E-state index >= 15 is 0 Å². The van der Waals surface area contributed by atoms with Crippen LogP contribution < -0.4 is 0 Å². The zero-order valence-corrected chi connectivity index (χ0v) is 13.4. The van der Waals surface area contributed by atoms with Crippen LogP contribution in [0.3, 0.4) is 0 Å². The van der Waals surface area contributed by atoms with Gasteiger partial charge in [0.25, 0.3) is 0 Å². The number of aliphatic imine (C=N–C) groups is 1. The molecule has 0 saturated carbocycles. The molecule has 1 aromatic rings. The second kappa shape index (κ2) is 8.11. The first-order valence-corrected chi connectivity index (χ1v) is 6.92. The smallest absolute Gasteiger partial charge is 0.339 e. The lowest BCUT2D eigenvalue weighted by atomic mass is 10.0. The van der Waals surface area contributed by atoms with Gasteiger partial charge in [0.15, 0.2) is 6.61 Å². The van der Waals surface area contributed by atoms with Crippen LogP contribution >= 0.6 is 0 Å². The molecule has 0 aliphatic heterocycles. The molecule has 1 aromatic carbocycles. The first kappa shape index (κ1) is 16.8. The minimum absolute atomic E-state index is 0.120. The van der Waals surface area contributed by atoms with Gasteiger partial charge in [0.2, 0.25) is 0 Å². The molecule has 0 radical (unpaired) electrons. The Kier molecular flexibility index (Phi) is 6.48. The van der Waals surface area contributed by atoms with E-state index in [9.17, 15) is 4.79 Å². The van der Waals surface area contributed by atoms with Crippen LogP contribution in [-0.2, 0) is 4.74 Å². The summed E-state index contributed by atoms with van der Waals surface area (Å²) in [6.45, 7) is 8.59. The van der Waals surface area contributed by atoms with E-state index in [0.717, 1.165) is 23.4 Å². The van der Waals surface area contributed by atoms with Gasteiger partial charge in [-0.3, -0.25) is 0 Å². The van der Waals surface area contributed by atoms with Gasteiger partial charge in [-0.2, -0.15) is 0 Å². The van der Waals surface area contributed by atoms with Gasteiger partial charge in [0.05, 0.1) is 17.6 Å². The topological polar surface area (TPSA) is 41.9 Å². The van der Waals surface area contributed by atoms with E-state index in [1.165, 1.54) is 0 Å². The summed E-state index contributed by atoms with van der Waals surface area (Å²) in [6.07, 6.45) is 1.79. The SMILES string of the molecule is CC#CCOC(=O)c1cc(C)c(N=CN(C)CC)cc1C. The van der Waals surface area contributed by atoms with Gasteiger partial charge in [0.1, 0.15) is 0 Å². The summed E-state index contributed by atoms with van der Waals surface area (Å²) in [5.74, 6) is 5.06. The van der Waals surface area contributed by atoms with E-state index in [2.05, 4.69) is 23.8 Å². The lowest BCUT2D eigenvalue weighted by Gasteiger charge is -2.11. The van der Waals surface area contributed by atoms with Crippen molar-refractivity contribution in [3.8, 4) is 11.8 Å². The average Bonchev–Trinajstić information content (AvgIpc) is 2.47. The number of carbonyl (C=O) groups excluding carboxylic acids is 1. The highest BCUT2D eigenvalue weighted by atomic mass is 16.5. The molecule has 4 nitrogen and oxygen atoms in total. The molecular weight excluding hydrogens is 264 g/mol. The predicted octanol–water partition coefficient (Wildman–Crippen LogP) is 3.10. The van der Waals surface area contributed by atoms with Gasteiger partial charge in [-0.25, -0.2) is 9.79 Å². The molecule has 0 heterocycles. The Bertz CT molecular complexity index is 595. The Labute approximate surface area is 126 Å². The highest BCUT2D eigenvalue weighted by molar-refractivity contribution is 5.92. The molecule has 21 heavy (non-hydrogen) atoms. The number of aryl methyl sites for hydroxylation is 2. The molecule has 0 aromatic heterocycles. The molecule has 1 rings (SSSR count). The summed E-state index contributed by atoms with van der Waals surface area (Å²) in [5, 5.41) is 0. The molecule has 0 fully saturated rings. The van der Waals surface area contributed by atoms with Crippen molar-refractivity contribution in [2.45, 2.75) is 27.7 Å². The van der Waals surface area contributed by atoms with E-state index < -0.39 is 0 Å². The Morgan fingerprint density at radius 1 is 1.38 bits per heavy atom. The minimum Gasteiger partial charge on any atom is -0.449 e. The molecule has 4 heteroatoms. The van der Waals surface area contributed by atoms with Crippen molar-refractivity contribution in [2.24, 2.45) is 4.99 Å². The Morgan fingerprint density at radius 3 is 2.71 bits per heavy atom. The van der Waals surface area contributed by atoms with Crippen molar-refractivity contribution in [1.29, 1.82) is 0 Å². The van der Waals surface area contributed by atoms with Crippen molar-refractivity contribution in [3.63, 3.8) is 0 Å². The molecular formula is C17H22N2O2. The van der Waals surface area contributed by atoms with E-state index in [1.54, 1.807) is 13.3 Å². The van der Waals surface area contributed by atoms with Crippen LogP contribution in [0.15, 0.2) is 17.1 Å². The average molecular weight is 286 g/mol. The van der Waals surface area contributed by atoms with E-state index in [0.29, 0.717) is 5.56 Å². The van der Waals surface area contributed by atoms with Gasteiger partial charge in [-0.1, -0.05) is 5.92 Å². The quantitative estimate of drug-likeness (QED) is 0.361. The molecule has 0 aliphatic rings. The summed E-state index contributed by atoms with van der Waals surface area (Å²) in [5.41, 5.74) is 3.21. The van der Waals surface area contributed by atoms with Crippen molar-refractivity contribution in [1.82, 2.24) is 4.90 Å². The third-order valence-corrected chi connectivity index (χ3v) is 3.11. The minimum atomic E-state index is -0.348. The first-order chi connectivity index (χ1) is 9.99. The van der Waals surface area contributed by atoms with Crippen molar-refractivity contribution < 1.29 is 9.53 Å². The summed E-state index contributed by atoms with van der Waals surface area (Å²) < 4.78 is 5.10. The van der Waals surface area contributed by atoms with Crippen molar-refractivity contribution in [2.75, 3.05) is 20.2 Å². The maximum atomic E-state index is 12.0. The van der Waals surface area contributed by atoms with Crippen molar-refractivity contribution >= 4 is 18.0 Å². The number of benzene rings is 1. The molecule has 0 saturated heterocycles. The monoisotopic (exact) mass is 286 g/mol. The van der Waals surface area contributed by atoms with Crippen LogP contribution in [0, 0.1) is 25.7 Å². The van der Waals surface area contributed by atoms with Gasteiger partial charge < -0.3 is 9.64 Å². The number of ether oxygens (including phenoxy) is 1. The normalized spacial score (nSPS) is 10.1. The Hall–Kier alpha value is -2.28. The van der Waals surface area contributed by atoms with Crippen LogP contribution in [-0.4, -0.2) is 37.4 Å². The van der Waals surface area contributed by atoms with Crippen LogP contribution in [0.4, 0.5) is 5.69 Å². The Morgan fingerprint density at radius 2 is 2.10 bits per heavy atom. The van der Waals surface area contributed by atoms with Gasteiger partial charge in [-0.05, 0) is 51.0 Å². The fraction of sp³-hybridized carbons (Fsp3) is 0.412. The molecule has 112 valence electrons. The maximum Gasteiger partial charge on any atom is 0.339 e. The highest BCUT2D eigenvalue weighted by Gasteiger charge is 2.12. The molecule has 0 amide bonds. The number of hydrogen-bond donors (Lipinski definition) is 0. The Balaban J connectivity index is 2.95. The van der Waals surface area contributed by atoms with Gasteiger partial charge in [-0.15, -0.1) is 5.92 Å². The maximum absolute atomic E-state index is 12.0. The number of rotatable bonds is 5. The fourth-order valence-corrected chi connectivity index (χ4v) is 1.65. The lowest BCUT2D eigenvalue weighted by Crippen LogP contribution is -2.14. The summed E-state index contributed by atoms with van der Waals surface area (Å²) in [4.78, 5) is 18.4. The molecule has 0 atom stereocenters. The van der Waals surface area contributed by atoms with E-state index in [1.807, 2.05) is 37.9 Å². The summed E-state index contributed by atoms with van der Waals surface area (Å²) in [7, 11) is 1.96. The first-order valence-electron chi connectivity index (χ1n) is 6.92. The van der Waals surface area contributed by atoms with Crippen LogP contribution in [0.5, 0.6) is 0 Å². The molecule has 0 aliphatic carbocycles. The van der Waals surface area contributed by atoms with Crippen LogP contribution in [0.1, 0.15) is 35.3 Å². The second-order valence-corrected chi connectivity index (χ2v) is 4.77. The number of carbonyl (C=O) groups is 1. The third kappa shape index (κ3) is 4.96. The van der Waals surface area contributed by atoms with Crippen LogP contribution in [0.25, 0.3) is 0 Å². The molecule has 0 N–H and O–H groups in total. The van der Waals surface area contributed by atoms with Crippen molar-refractivity contribution in [3.05, 3.63) is 28.8 Å². The summed E-state index contributed by atoms with van der Waals surface area (Å²) in [6, 6.07) is 3.72. The fourth-order valence-electron chi connectivity index (χ4n) is 1.65. The summed E-state index contributed by atoms with van der Waals surface area (Å²) >= 11 is 0. The molecule has 0 bridgehead atoms. The molecule has 0 unspecified atom stereocenters.